The van der Waals surface area contributed by atoms with Gasteiger partial charge in [0.15, 0.2) is 5.16 Å². The lowest BCUT2D eigenvalue weighted by Gasteiger charge is -2.14. The highest BCUT2D eigenvalue weighted by Gasteiger charge is 2.15. The second-order valence-corrected chi connectivity index (χ2v) is 7.10. The molecule has 0 saturated carbocycles. The fourth-order valence-electron chi connectivity index (χ4n) is 2.42. The van der Waals surface area contributed by atoms with Crippen LogP contribution in [0.3, 0.4) is 0 Å². The van der Waals surface area contributed by atoms with E-state index in [2.05, 4.69) is 25.9 Å². The Bertz CT molecular complexity index is 1060. The number of pyridine rings is 1. The Morgan fingerprint density at radius 2 is 2.04 bits per heavy atom. The molecule has 3 rings (SSSR count). The van der Waals surface area contributed by atoms with Crippen LogP contribution in [-0.2, 0) is 6.61 Å². The first-order chi connectivity index (χ1) is 12.9. The van der Waals surface area contributed by atoms with E-state index in [0.29, 0.717) is 16.7 Å². The Labute approximate surface area is 166 Å². The van der Waals surface area contributed by atoms with Crippen LogP contribution in [-0.4, -0.2) is 20.8 Å². The van der Waals surface area contributed by atoms with Crippen LogP contribution in [0.5, 0.6) is 5.75 Å². The Hall–Kier alpha value is -2.26. The van der Waals surface area contributed by atoms with Crippen molar-refractivity contribution in [1.29, 1.82) is 0 Å². The van der Waals surface area contributed by atoms with Crippen LogP contribution in [0.25, 0.3) is 5.82 Å². The predicted molar refractivity (Wildman–Crippen MR) is 103 cm³/mol. The molecule has 0 fully saturated rings. The molecule has 0 bridgehead atoms. The van der Waals surface area contributed by atoms with Crippen LogP contribution in [0.2, 0.25) is 0 Å². The van der Waals surface area contributed by atoms with Gasteiger partial charge in [0.1, 0.15) is 34.3 Å². The van der Waals surface area contributed by atoms with Crippen molar-refractivity contribution in [2.75, 3.05) is 6.26 Å². The molecule has 9 heteroatoms. The van der Waals surface area contributed by atoms with Crippen molar-refractivity contribution in [2.24, 2.45) is 0 Å². The minimum Gasteiger partial charge on any atom is -0.487 e. The van der Waals surface area contributed by atoms with Gasteiger partial charge in [-0.25, -0.2) is 18.7 Å². The Morgan fingerprint density at radius 3 is 2.74 bits per heavy atom. The first-order valence-corrected chi connectivity index (χ1v) is 9.78. The topological polar surface area (TPSA) is 57.0 Å². The molecule has 2 heterocycles. The SMILES string of the molecule is CSc1nccc(-n2c(C)cc(OCc3ccc(F)cc3F)c(Br)c2=O)n1. The second-order valence-electron chi connectivity index (χ2n) is 5.53. The van der Waals surface area contributed by atoms with E-state index in [1.54, 1.807) is 25.3 Å². The number of aromatic nitrogens is 3. The maximum absolute atomic E-state index is 13.8. The predicted octanol–water partition coefficient (Wildman–Crippen LogP) is 4.28. The maximum atomic E-state index is 13.8. The highest BCUT2D eigenvalue weighted by Crippen LogP contribution is 2.25. The lowest BCUT2D eigenvalue weighted by Crippen LogP contribution is -2.23. The molecular formula is C18H14BrF2N3O2S. The highest BCUT2D eigenvalue weighted by atomic mass is 79.9. The van der Waals surface area contributed by atoms with Gasteiger partial charge in [-0.1, -0.05) is 11.8 Å². The minimum absolute atomic E-state index is 0.141. The average molecular weight is 454 g/mol. The zero-order chi connectivity index (χ0) is 19.6. The molecule has 0 spiro atoms. The summed E-state index contributed by atoms with van der Waals surface area (Å²) in [4.78, 5) is 21.2. The number of aryl methyl sites for hydroxylation is 1. The van der Waals surface area contributed by atoms with Crippen LogP contribution < -0.4 is 10.3 Å². The molecule has 0 atom stereocenters. The lowest BCUT2D eigenvalue weighted by molar-refractivity contribution is 0.296. The van der Waals surface area contributed by atoms with E-state index in [0.717, 1.165) is 12.1 Å². The van der Waals surface area contributed by atoms with Crippen molar-refractivity contribution in [2.45, 2.75) is 18.7 Å². The molecule has 0 amide bonds. The van der Waals surface area contributed by atoms with Gasteiger partial charge < -0.3 is 4.74 Å². The second kappa shape index (κ2) is 8.18. The molecule has 0 unspecified atom stereocenters. The van der Waals surface area contributed by atoms with Crippen LogP contribution in [0, 0.1) is 18.6 Å². The molecule has 3 aromatic rings. The molecule has 0 aliphatic rings. The molecule has 0 aliphatic carbocycles. The van der Waals surface area contributed by atoms with E-state index in [1.165, 1.54) is 22.4 Å². The van der Waals surface area contributed by atoms with Crippen molar-refractivity contribution < 1.29 is 13.5 Å². The number of hydrogen-bond donors (Lipinski definition) is 0. The molecule has 27 heavy (non-hydrogen) atoms. The van der Waals surface area contributed by atoms with Crippen LogP contribution in [0.15, 0.2) is 51.0 Å². The van der Waals surface area contributed by atoms with Gasteiger partial charge in [0, 0.05) is 29.6 Å². The van der Waals surface area contributed by atoms with Gasteiger partial charge in [-0.15, -0.1) is 0 Å². The maximum Gasteiger partial charge on any atom is 0.274 e. The van der Waals surface area contributed by atoms with Crippen molar-refractivity contribution in [3.63, 3.8) is 0 Å². The fraction of sp³-hybridized carbons (Fsp3) is 0.167. The Kier molecular flexibility index (Phi) is 5.91. The quantitative estimate of drug-likeness (QED) is 0.426. The molecule has 2 aromatic heterocycles. The van der Waals surface area contributed by atoms with E-state index < -0.39 is 11.6 Å². The Balaban J connectivity index is 1.94. The number of nitrogens with zero attached hydrogens (tertiary/aromatic N) is 3. The smallest absolute Gasteiger partial charge is 0.274 e. The fourth-order valence-corrected chi connectivity index (χ4v) is 3.18. The third-order valence-electron chi connectivity index (χ3n) is 3.73. The van der Waals surface area contributed by atoms with E-state index in [9.17, 15) is 13.6 Å². The van der Waals surface area contributed by atoms with Gasteiger partial charge in [0.2, 0.25) is 0 Å². The van der Waals surface area contributed by atoms with Crippen LogP contribution in [0.4, 0.5) is 8.78 Å². The van der Waals surface area contributed by atoms with E-state index in [1.807, 2.05) is 6.26 Å². The number of rotatable bonds is 5. The zero-order valence-electron chi connectivity index (χ0n) is 14.4. The first kappa shape index (κ1) is 19.5. The molecular weight excluding hydrogens is 440 g/mol. The summed E-state index contributed by atoms with van der Waals surface area (Å²) in [6.07, 6.45) is 3.42. The number of benzene rings is 1. The van der Waals surface area contributed by atoms with E-state index in [-0.39, 0.29) is 28.0 Å². The van der Waals surface area contributed by atoms with E-state index >= 15 is 0 Å². The van der Waals surface area contributed by atoms with Crippen molar-refractivity contribution in [3.8, 4) is 11.6 Å². The summed E-state index contributed by atoms with van der Waals surface area (Å²) >= 11 is 4.61. The molecule has 140 valence electrons. The third-order valence-corrected chi connectivity index (χ3v) is 5.02. The zero-order valence-corrected chi connectivity index (χ0v) is 16.8. The van der Waals surface area contributed by atoms with Crippen molar-refractivity contribution in [1.82, 2.24) is 14.5 Å². The van der Waals surface area contributed by atoms with Gasteiger partial charge in [0.25, 0.3) is 5.56 Å². The normalized spacial score (nSPS) is 10.9. The van der Waals surface area contributed by atoms with Crippen LogP contribution in [0.1, 0.15) is 11.3 Å². The molecule has 0 saturated heterocycles. The highest BCUT2D eigenvalue weighted by molar-refractivity contribution is 9.10. The van der Waals surface area contributed by atoms with E-state index in [4.69, 9.17) is 4.74 Å². The molecule has 0 aliphatic heterocycles. The molecule has 0 radical (unpaired) electrons. The van der Waals surface area contributed by atoms with Gasteiger partial charge in [-0.2, -0.15) is 0 Å². The summed E-state index contributed by atoms with van der Waals surface area (Å²) in [7, 11) is 0. The van der Waals surface area contributed by atoms with Gasteiger partial charge in [0.05, 0.1) is 0 Å². The number of ether oxygens (including phenoxy) is 1. The molecule has 0 N–H and O–H groups in total. The molecule has 5 nitrogen and oxygen atoms in total. The Morgan fingerprint density at radius 1 is 1.26 bits per heavy atom. The number of halogens is 3. The largest absolute Gasteiger partial charge is 0.487 e. The summed E-state index contributed by atoms with van der Waals surface area (Å²) in [6, 6.07) is 6.52. The standard InChI is InChI=1S/C18H14BrF2N3O2S/c1-10-7-14(26-9-11-3-4-12(20)8-13(11)21)16(19)17(25)24(10)15-5-6-22-18(23-15)27-2/h3-8H,9H2,1-2H3. The summed E-state index contributed by atoms with van der Waals surface area (Å²) in [5.41, 5.74) is 0.407. The number of hydrogen-bond acceptors (Lipinski definition) is 5. The molecule has 1 aromatic carbocycles. The van der Waals surface area contributed by atoms with Gasteiger partial charge >= 0.3 is 0 Å². The summed E-state index contributed by atoms with van der Waals surface area (Å²) in [6.45, 7) is 1.60. The number of thioether (sulfide) groups is 1. The van der Waals surface area contributed by atoms with Gasteiger partial charge in [-0.05, 0) is 47.3 Å². The first-order valence-electron chi connectivity index (χ1n) is 7.77. The van der Waals surface area contributed by atoms with Crippen molar-refractivity contribution >= 4 is 27.7 Å². The average Bonchev–Trinajstić information content (AvgIpc) is 2.65. The summed E-state index contributed by atoms with van der Waals surface area (Å²) in [5, 5.41) is 0.544. The monoisotopic (exact) mass is 453 g/mol. The van der Waals surface area contributed by atoms with Gasteiger partial charge in [-0.3, -0.25) is 9.36 Å². The summed E-state index contributed by atoms with van der Waals surface area (Å²) in [5.74, 6) is -0.669. The van der Waals surface area contributed by atoms with Crippen LogP contribution >= 0.6 is 27.7 Å². The summed E-state index contributed by atoms with van der Waals surface area (Å²) < 4.78 is 33.9. The lowest BCUT2D eigenvalue weighted by atomic mass is 10.2. The third kappa shape index (κ3) is 4.19. The minimum atomic E-state index is -0.707. The van der Waals surface area contributed by atoms with Crippen molar-refractivity contribution in [3.05, 3.63) is 74.2 Å².